The first-order valence-corrected chi connectivity index (χ1v) is 40.2. The summed E-state index contributed by atoms with van der Waals surface area (Å²) in [5.74, 6) is -4.56. The van der Waals surface area contributed by atoms with Crippen LogP contribution < -0.4 is 20.2 Å². The van der Waals surface area contributed by atoms with Gasteiger partial charge in [0, 0.05) is 199 Å². The standard InChI is InChI=1S/C17H19N3O2.C16H20N2O2.C14H10N3.C12H14N3.3C11H6F2N.C11H7FN.4Ir/c1-11-15(14(21)10-17(2,3)4)16(22)20(19-11)13-8-6-12(18-5)7-9-13;1-11-14(13(19)10-16(2,3)4)15(20)18(17-11)12-8-6-5-7-9-12;1-2-6-11(7-3-1)13-10-14(17-16-13)12-8-4-5-9-15-12;1-12(2,3)11-8-10(14-15-11)9-6-4-5-7-13-9;3*12-8-4-5-9(10(13)7-8)11-3-1-2-6-14-11;12-10-6-4-9(5-7-10)11-3-1-2-8-13-11;;;;/h6-9,21H,10H2,1-4H3;5-9,19H,10H2,1-4H3;1-10H;4-8H,1-3H3;3*1-4,6-7H;1-4,6-8H;;;;/q;;6*-1;;;;. The third kappa shape index (κ3) is 33.0. The number of hydrogen-bond donors (Lipinski definition) is 2. The number of allylic oxidation sites excluding steroid dienone is 2. The predicted molar refractivity (Wildman–Crippen MR) is 487 cm³/mol. The molecule has 0 bridgehead atoms. The number of para-hydroxylation sites is 1. The van der Waals surface area contributed by atoms with E-state index in [0.29, 0.717) is 64.0 Å². The van der Waals surface area contributed by atoms with Crippen LogP contribution in [0.2, 0.25) is 0 Å². The van der Waals surface area contributed by atoms with Gasteiger partial charge in [-0.3, -0.25) is 50.3 Å². The van der Waals surface area contributed by atoms with Crippen molar-refractivity contribution in [2.75, 3.05) is 10.0 Å². The van der Waals surface area contributed by atoms with Crippen LogP contribution in [-0.4, -0.2) is 73.6 Å². The number of nitrogens with zero attached hydrogens (tertiary/aromatic N) is 15. The molecule has 2 aliphatic rings. The molecule has 0 saturated heterocycles. The van der Waals surface area contributed by atoms with Crippen molar-refractivity contribution in [2.24, 2.45) is 21.0 Å². The number of aliphatic hydroxyl groups is 2. The molecule has 0 atom stereocenters. The van der Waals surface area contributed by atoms with Gasteiger partial charge in [-0.15, -0.1) is 66.2 Å². The molecule has 0 unspecified atom stereocenters. The number of halogens is 7. The number of hydrazone groups is 2. The van der Waals surface area contributed by atoms with E-state index in [9.17, 15) is 50.5 Å². The van der Waals surface area contributed by atoms with Gasteiger partial charge in [-0.1, -0.05) is 236 Å². The molecule has 0 aliphatic carbocycles. The Bertz CT molecular complexity index is 6120. The van der Waals surface area contributed by atoms with Gasteiger partial charge in [-0.2, -0.15) is 20.2 Å². The fourth-order valence-corrected chi connectivity index (χ4v) is 12.0. The first kappa shape index (κ1) is 109. The molecule has 15 aromatic rings. The topological polar surface area (TPSA) is 241 Å². The zero-order chi connectivity index (χ0) is 92.8. The molecule has 7 aromatic carbocycles. The van der Waals surface area contributed by atoms with Crippen molar-refractivity contribution < 1.29 is 131 Å². The summed E-state index contributed by atoms with van der Waals surface area (Å²) in [6.45, 7) is 28.8. The third-order valence-electron chi connectivity index (χ3n) is 18.1. The van der Waals surface area contributed by atoms with Crippen molar-refractivity contribution in [1.82, 2.24) is 50.3 Å². The smallest absolute Gasteiger partial charge is 0.284 e. The Labute approximate surface area is 822 Å². The van der Waals surface area contributed by atoms with Gasteiger partial charge in [-0.05, 0) is 132 Å². The number of aliphatic hydroxyl groups excluding tert-OH is 2. The number of anilines is 2. The molecule has 8 aromatic heterocycles. The number of rotatable bonds is 11. The first-order valence-electron chi connectivity index (χ1n) is 40.2. The Hall–Kier alpha value is -13.2. The van der Waals surface area contributed by atoms with E-state index in [1.165, 1.54) is 22.2 Å². The van der Waals surface area contributed by atoms with Crippen LogP contribution in [-0.2, 0) is 95.4 Å². The van der Waals surface area contributed by atoms with Crippen molar-refractivity contribution in [3.63, 3.8) is 0 Å². The Morgan fingerprint density at radius 2 is 0.722 bits per heavy atom. The fourth-order valence-electron chi connectivity index (χ4n) is 12.0. The molecule has 690 valence electrons. The molecule has 133 heavy (non-hydrogen) atoms. The maximum absolute atomic E-state index is 13.2. The van der Waals surface area contributed by atoms with E-state index in [1.807, 2.05) is 169 Å². The van der Waals surface area contributed by atoms with Gasteiger partial charge in [0.15, 0.2) is 5.69 Å². The van der Waals surface area contributed by atoms with E-state index in [1.54, 1.807) is 136 Å². The molecule has 0 saturated carbocycles. The van der Waals surface area contributed by atoms with Crippen LogP contribution in [0.15, 0.2) is 331 Å². The number of aromatic nitrogens is 10. The van der Waals surface area contributed by atoms with Gasteiger partial charge in [0.2, 0.25) is 0 Å². The summed E-state index contributed by atoms with van der Waals surface area (Å²) in [5.41, 5.74) is 13.1. The summed E-state index contributed by atoms with van der Waals surface area (Å²) >= 11 is 0. The SMILES string of the molecule is CC(C)(C)c1cc(-c2ccccn2)[n-]n1.CC1=NN(c2ccccc2)C(=O)C1=C(O)CC(C)(C)C.Fc1c[c-]c(-c2ccccn2)c(F)c1.Fc1c[c-]c(-c2ccccn2)c(F)c1.Fc1c[c-]c(-c2ccccn2)c(F)c1.Fc1c[c-]c(-c2ccccn2)cc1.[C-]#[N+]c1ccc(N2N=C(C)C(=C(O)CC(C)(C)C)C2=O)cc1.[Ir].[Ir].[Ir].[Ir].c1ccc(-c2cc(-c3ccccn3)[n-]n2)cc1. The van der Waals surface area contributed by atoms with Crippen LogP contribution in [0.4, 0.5) is 47.8 Å². The Morgan fingerprint density at radius 1 is 0.383 bits per heavy atom. The van der Waals surface area contributed by atoms with Crippen LogP contribution in [0.5, 0.6) is 0 Å². The normalized spacial score (nSPS) is 12.4. The minimum atomic E-state index is -0.649. The van der Waals surface area contributed by atoms with Crippen molar-refractivity contribution in [1.29, 1.82) is 0 Å². The number of pyridine rings is 6. The summed E-state index contributed by atoms with van der Waals surface area (Å²) < 4.78 is 89.9. The van der Waals surface area contributed by atoms with Crippen LogP contribution in [0, 0.1) is 82.4 Å². The molecule has 19 nitrogen and oxygen atoms in total. The maximum Gasteiger partial charge on any atom is 0.284 e. The fraction of sp³-hybridized carbons (Fsp3) is 0.155. The summed E-state index contributed by atoms with van der Waals surface area (Å²) in [4.78, 5) is 52.7. The monoisotopic (exact) mass is 2500 g/mol. The number of carbonyl (C=O) groups is 2. The zero-order valence-electron chi connectivity index (χ0n) is 73.6. The summed E-state index contributed by atoms with van der Waals surface area (Å²) in [7, 11) is 0. The molecule has 30 heteroatoms. The van der Waals surface area contributed by atoms with E-state index >= 15 is 0 Å². The van der Waals surface area contributed by atoms with Gasteiger partial charge < -0.3 is 50.5 Å². The van der Waals surface area contributed by atoms with Crippen LogP contribution in [0.25, 0.3) is 83.9 Å². The molecule has 10 heterocycles. The number of benzene rings is 7. The summed E-state index contributed by atoms with van der Waals surface area (Å²) in [6, 6.07) is 82.7. The second-order valence-corrected chi connectivity index (χ2v) is 31.9. The Balaban J connectivity index is 0.000000234. The third-order valence-corrected chi connectivity index (χ3v) is 18.1. The molecule has 0 spiro atoms. The van der Waals surface area contributed by atoms with Crippen molar-refractivity contribution in [2.45, 2.75) is 94.4 Å². The second-order valence-electron chi connectivity index (χ2n) is 31.9. The van der Waals surface area contributed by atoms with Crippen LogP contribution in [0.3, 0.4) is 0 Å². The van der Waals surface area contributed by atoms with E-state index in [0.717, 1.165) is 87.4 Å². The van der Waals surface area contributed by atoms with Crippen molar-refractivity contribution in [3.05, 3.63) is 403 Å². The molecule has 2 amide bonds. The molecule has 0 fully saturated rings. The van der Waals surface area contributed by atoms with E-state index in [2.05, 4.69) is 110 Å². The molecular formula is C103H88F7Ir4N15O4-6. The maximum atomic E-state index is 13.2. The quantitative estimate of drug-likeness (QED) is 0.0530. The first-order chi connectivity index (χ1) is 61.7. The largest absolute Gasteiger partial charge is 0.573 e. The molecule has 2 N–H and O–H groups in total. The van der Waals surface area contributed by atoms with Crippen LogP contribution in [0.1, 0.15) is 94.7 Å². The minimum Gasteiger partial charge on any atom is -0.573 e. The van der Waals surface area contributed by atoms with E-state index < -0.39 is 34.9 Å². The van der Waals surface area contributed by atoms with Gasteiger partial charge in [0.25, 0.3) is 11.8 Å². The molecular weight excluding hydrogens is 2410 g/mol. The van der Waals surface area contributed by atoms with Gasteiger partial charge in [-0.25, -0.2) is 4.85 Å². The number of hydrogen-bond acceptors (Lipinski definition) is 14. The molecule has 2 aliphatic heterocycles. The van der Waals surface area contributed by atoms with Gasteiger partial charge >= 0.3 is 0 Å². The predicted octanol–water partition coefficient (Wildman–Crippen LogP) is 24.2. The Kier molecular flexibility index (Phi) is 42.6. The van der Waals surface area contributed by atoms with Gasteiger partial charge in [0.05, 0.1) is 29.4 Å². The Morgan fingerprint density at radius 3 is 1.05 bits per heavy atom. The number of amides is 2. The zero-order valence-corrected chi connectivity index (χ0v) is 83.2. The van der Waals surface area contributed by atoms with Crippen LogP contribution >= 0.6 is 0 Å². The summed E-state index contributed by atoms with van der Waals surface area (Å²) in [6.07, 6.45) is 10.7. The molecule has 4 radical (unpaired) electrons. The average molecular weight is 2500 g/mol. The van der Waals surface area contributed by atoms with E-state index in [4.69, 9.17) is 6.57 Å². The average Bonchev–Trinajstić information content (AvgIpc) is 1.65. The van der Waals surface area contributed by atoms with E-state index in [-0.39, 0.29) is 148 Å². The number of carbonyl (C=O) groups excluding carboxylic acids is 2. The summed E-state index contributed by atoms with van der Waals surface area (Å²) in [5, 5.41) is 48.2. The van der Waals surface area contributed by atoms with Crippen molar-refractivity contribution >= 4 is 40.3 Å². The second kappa shape index (κ2) is 52.2. The van der Waals surface area contributed by atoms with Crippen molar-refractivity contribution in [3.8, 4) is 79.1 Å². The molecule has 17 rings (SSSR count). The minimum absolute atomic E-state index is 0. The van der Waals surface area contributed by atoms with Gasteiger partial charge in [0.1, 0.15) is 22.7 Å².